The number of alkyl halides is 3. The van der Waals surface area contributed by atoms with E-state index >= 15 is 0 Å². The molecule has 0 amide bonds. The highest BCUT2D eigenvalue weighted by Gasteiger charge is 2.41. The van der Waals surface area contributed by atoms with Crippen molar-refractivity contribution in [3.63, 3.8) is 0 Å². The standard InChI is InChI=1S/C8H2F6O4S/c9-4-2(1-15)3(8(12,13)14)5(10)7(6(4)11)19-18-17-16/h1,16H. The number of hydrogen-bond acceptors (Lipinski definition) is 5. The number of carbonyl (C=O) groups excluding carboxylic acids is 1. The average Bonchev–Trinajstić information content (AvgIpc) is 2.31. The molecule has 19 heavy (non-hydrogen) atoms. The van der Waals surface area contributed by atoms with Gasteiger partial charge in [-0.2, -0.15) is 13.2 Å². The van der Waals surface area contributed by atoms with E-state index in [-0.39, 0.29) is 0 Å². The van der Waals surface area contributed by atoms with Gasteiger partial charge in [-0.05, 0) is 0 Å². The van der Waals surface area contributed by atoms with Crippen molar-refractivity contribution < 1.29 is 45.8 Å². The zero-order chi connectivity index (χ0) is 14.8. The molecule has 0 saturated heterocycles. The van der Waals surface area contributed by atoms with Crippen LogP contribution in [0.3, 0.4) is 0 Å². The minimum absolute atomic E-state index is 0.541. The van der Waals surface area contributed by atoms with Gasteiger partial charge in [-0.1, -0.05) is 5.04 Å². The van der Waals surface area contributed by atoms with Gasteiger partial charge >= 0.3 is 6.18 Å². The highest BCUT2D eigenvalue weighted by molar-refractivity contribution is 7.94. The molecule has 0 atom stereocenters. The lowest BCUT2D eigenvalue weighted by atomic mass is 10.1. The quantitative estimate of drug-likeness (QED) is 0.231. The molecule has 1 aromatic rings. The number of halogens is 6. The van der Waals surface area contributed by atoms with E-state index in [1.165, 1.54) is 0 Å². The maximum Gasteiger partial charge on any atom is 0.420 e. The molecule has 0 bridgehead atoms. The molecule has 4 nitrogen and oxygen atoms in total. The van der Waals surface area contributed by atoms with Crippen molar-refractivity contribution in [3.05, 3.63) is 28.6 Å². The van der Waals surface area contributed by atoms with E-state index < -0.39 is 58.0 Å². The number of rotatable bonds is 4. The van der Waals surface area contributed by atoms with Gasteiger partial charge in [0.1, 0.15) is 10.5 Å². The van der Waals surface area contributed by atoms with Crippen molar-refractivity contribution in [2.75, 3.05) is 0 Å². The summed E-state index contributed by atoms with van der Waals surface area (Å²) in [4.78, 5) is 8.78. The summed E-state index contributed by atoms with van der Waals surface area (Å²) in [6, 6.07) is 0. The molecule has 0 spiro atoms. The van der Waals surface area contributed by atoms with Crippen LogP contribution in [0.1, 0.15) is 15.9 Å². The van der Waals surface area contributed by atoms with Crippen LogP contribution in [0.25, 0.3) is 0 Å². The van der Waals surface area contributed by atoms with E-state index in [0.717, 1.165) is 0 Å². The summed E-state index contributed by atoms with van der Waals surface area (Å²) in [6.07, 6.45) is -6.10. The predicted octanol–water partition coefficient (Wildman–Crippen LogP) is 3.36. The smallest absolute Gasteiger partial charge is 0.298 e. The van der Waals surface area contributed by atoms with Crippen LogP contribution in [0.2, 0.25) is 0 Å². The number of benzene rings is 1. The summed E-state index contributed by atoms with van der Waals surface area (Å²) in [5.41, 5.74) is -4.10. The van der Waals surface area contributed by atoms with Gasteiger partial charge in [-0.3, -0.25) is 4.79 Å². The fourth-order valence-corrected chi connectivity index (χ4v) is 1.60. The van der Waals surface area contributed by atoms with Crippen LogP contribution >= 0.6 is 12.0 Å². The topological polar surface area (TPSA) is 55.8 Å². The molecule has 1 aromatic carbocycles. The molecule has 0 heterocycles. The van der Waals surface area contributed by atoms with Crippen molar-refractivity contribution in [1.82, 2.24) is 0 Å². The SMILES string of the molecule is O=Cc1c(F)c(F)c(SOOO)c(F)c1C(F)(F)F. The molecule has 1 N–H and O–H groups in total. The first-order chi connectivity index (χ1) is 8.75. The number of carbonyl (C=O) groups is 1. The fraction of sp³-hybridized carbons (Fsp3) is 0.125. The van der Waals surface area contributed by atoms with E-state index in [0.29, 0.717) is 0 Å². The third-order valence-electron chi connectivity index (χ3n) is 1.87. The molecule has 0 aliphatic carbocycles. The number of aldehydes is 1. The highest BCUT2D eigenvalue weighted by atomic mass is 32.2. The maximum absolute atomic E-state index is 13.5. The molecular weight excluding hydrogens is 306 g/mol. The summed E-state index contributed by atoms with van der Waals surface area (Å²) in [6.45, 7) is 0. The lowest BCUT2D eigenvalue weighted by Gasteiger charge is -2.14. The molecule has 0 aliphatic heterocycles. The fourth-order valence-electron chi connectivity index (χ4n) is 1.17. The van der Waals surface area contributed by atoms with E-state index in [4.69, 9.17) is 5.26 Å². The summed E-state index contributed by atoms with van der Waals surface area (Å²) in [5, 5.41) is 10.7. The van der Waals surface area contributed by atoms with Crippen molar-refractivity contribution >= 4 is 18.3 Å². The minimum atomic E-state index is -5.44. The van der Waals surface area contributed by atoms with Gasteiger partial charge in [0.25, 0.3) is 0 Å². The second-order valence-corrected chi connectivity index (χ2v) is 3.61. The van der Waals surface area contributed by atoms with Gasteiger partial charge in [0.15, 0.2) is 23.7 Å². The van der Waals surface area contributed by atoms with E-state index in [9.17, 15) is 31.1 Å². The zero-order valence-electron chi connectivity index (χ0n) is 8.43. The average molecular weight is 308 g/mol. The molecule has 106 valence electrons. The Bertz CT molecular complexity index is 503. The Balaban J connectivity index is 3.61. The Labute approximate surface area is 105 Å². The first-order valence-corrected chi connectivity index (χ1v) is 4.87. The van der Waals surface area contributed by atoms with Gasteiger partial charge in [-0.15, -0.1) is 4.33 Å². The molecule has 0 aliphatic rings. The first kappa shape index (κ1) is 15.8. The van der Waals surface area contributed by atoms with Crippen molar-refractivity contribution in [2.45, 2.75) is 11.1 Å². The molecule has 0 saturated carbocycles. The third kappa shape index (κ3) is 3.00. The Morgan fingerprint density at radius 1 is 1.11 bits per heavy atom. The van der Waals surface area contributed by atoms with E-state index in [1.54, 1.807) is 0 Å². The second-order valence-electron chi connectivity index (χ2n) is 2.90. The van der Waals surface area contributed by atoms with Gasteiger partial charge in [-0.25, -0.2) is 18.4 Å². The van der Waals surface area contributed by atoms with Crippen molar-refractivity contribution in [1.29, 1.82) is 0 Å². The lowest BCUT2D eigenvalue weighted by Crippen LogP contribution is -2.16. The van der Waals surface area contributed by atoms with Crippen LogP contribution in [-0.4, -0.2) is 11.5 Å². The second kappa shape index (κ2) is 5.77. The highest BCUT2D eigenvalue weighted by Crippen LogP contribution is 2.40. The molecule has 0 aromatic heterocycles. The Kier molecular flexibility index (Phi) is 4.79. The molecule has 0 radical (unpaired) electrons. The third-order valence-corrected chi connectivity index (χ3v) is 2.52. The Morgan fingerprint density at radius 2 is 1.68 bits per heavy atom. The number of hydrogen-bond donors (Lipinski definition) is 1. The van der Waals surface area contributed by atoms with Crippen LogP contribution < -0.4 is 0 Å². The summed E-state index contributed by atoms with van der Waals surface area (Å²) in [7, 11) is 0. The molecule has 1 rings (SSSR count). The van der Waals surface area contributed by atoms with Crippen LogP contribution in [0.15, 0.2) is 4.90 Å². The molecule has 0 unspecified atom stereocenters. The normalized spacial score (nSPS) is 11.7. The van der Waals surface area contributed by atoms with Crippen LogP contribution in [0.5, 0.6) is 0 Å². The van der Waals surface area contributed by atoms with Crippen LogP contribution in [0, 0.1) is 17.5 Å². The van der Waals surface area contributed by atoms with Crippen molar-refractivity contribution in [2.24, 2.45) is 0 Å². The van der Waals surface area contributed by atoms with Crippen molar-refractivity contribution in [3.8, 4) is 0 Å². The van der Waals surface area contributed by atoms with Gasteiger partial charge in [0.05, 0.1) is 17.6 Å². The maximum atomic E-state index is 13.5. The monoisotopic (exact) mass is 308 g/mol. The molecular formula is C8H2F6O4S. The van der Waals surface area contributed by atoms with Gasteiger partial charge in [0, 0.05) is 0 Å². The largest absolute Gasteiger partial charge is 0.420 e. The Morgan fingerprint density at radius 3 is 2.11 bits per heavy atom. The first-order valence-electron chi connectivity index (χ1n) is 4.13. The zero-order valence-corrected chi connectivity index (χ0v) is 9.24. The molecule has 0 fully saturated rings. The van der Waals surface area contributed by atoms with Crippen LogP contribution in [0.4, 0.5) is 26.3 Å². The molecule has 11 heteroatoms. The van der Waals surface area contributed by atoms with Gasteiger partial charge in [0.2, 0.25) is 0 Å². The van der Waals surface area contributed by atoms with E-state index in [2.05, 4.69) is 9.37 Å². The predicted molar refractivity (Wildman–Crippen MR) is 47.4 cm³/mol. The summed E-state index contributed by atoms with van der Waals surface area (Å²) < 4.78 is 80.9. The Hall–Kier alpha value is -1.30. The lowest BCUT2D eigenvalue weighted by molar-refractivity contribution is -0.432. The summed E-state index contributed by atoms with van der Waals surface area (Å²) in [5.74, 6) is -6.56. The summed E-state index contributed by atoms with van der Waals surface area (Å²) >= 11 is -0.541. The van der Waals surface area contributed by atoms with Crippen LogP contribution in [-0.2, 0) is 15.5 Å². The van der Waals surface area contributed by atoms with Gasteiger partial charge < -0.3 is 0 Å². The van der Waals surface area contributed by atoms with E-state index in [1.807, 2.05) is 0 Å². The minimum Gasteiger partial charge on any atom is -0.298 e.